The number of aromatic amines is 1. The zero-order chi connectivity index (χ0) is 16.2. The molecular formula is C17H13BrFNO2S. The SMILES string of the molecule is O=S(=O)(c1ccccc1)C1c2c([nH]c3ccc(Br)cc23)CC1F. The Balaban J connectivity index is 1.95. The van der Waals surface area contributed by atoms with Crippen LogP contribution in [0.1, 0.15) is 16.5 Å². The van der Waals surface area contributed by atoms with Gasteiger partial charge in [0, 0.05) is 33.1 Å². The predicted molar refractivity (Wildman–Crippen MR) is 91.0 cm³/mol. The van der Waals surface area contributed by atoms with Crippen LogP contribution in [-0.4, -0.2) is 19.6 Å². The Kier molecular flexibility index (Phi) is 3.35. The molecule has 23 heavy (non-hydrogen) atoms. The molecular weight excluding hydrogens is 381 g/mol. The minimum atomic E-state index is -3.79. The van der Waals surface area contributed by atoms with E-state index < -0.39 is 21.3 Å². The number of hydrogen-bond acceptors (Lipinski definition) is 2. The van der Waals surface area contributed by atoms with Crippen LogP contribution in [0.3, 0.4) is 0 Å². The first-order chi connectivity index (χ1) is 11.0. The molecule has 2 unspecified atom stereocenters. The minimum absolute atomic E-state index is 0.0956. The van der Waals surface area contributed by atoms with Gasteiger partial charge in [0.05, 0.1) is 4.90 Å². The second-order valence-electron chi connectivity index (χ2n) is 5.71. The molecule has 1 aromatic heterocycles. The lowest BCUT2D eigenvalue weighted by molar-refractivity contribution is 0.335. The van der Waals surface area contributed by atoms with Crippen LogP contribution in [0.15, 0.2) is 57.9 Å². The Bertz CT molecular complexity index is 998. The molecule has 1 aliphatic carbocycles. The summed E-state index contributed by atoms with van der Waals surface area (Å²) in [6.45, 7) is 0. The third-order valence-electron chi connectivity index (χ3n) is 4.30. The Labute approximate surface area is 141 Å². The van der Waals surface area contributed by atoms with Crippen molar-refractivity contribution in [1.29, 1.82) is 0 Å². The van der Waals surface area contributed by atoms with Crippen LogP contribution < -0.4 is 0 Å². The molecule has 0 fully saturated rings. The van der Waals surface area contributed by atoms with Crippen LogP contribution in [0, 0.1) is 0 Å². The highest BCUT2D eigenvalue weighted by Gasteiger charge is 2.44. The van der Waals surface area contributed by atoms with Gasteiger partial charge in [-0.2, -0.15) is 0 Å². The van der Waals surface area contributed by atoms with E-state index in [-0.39, 0.29) is 11.3 Å². The van der Waals surface area contributed by atoms with E-state index in [1.807, 2.05) is 18.2 Å². The van der Waals surface area contributed by atoms with Crippen molar-refractivity contribution in [3.8, 4) is 0 Å². The van der Waals surface area contributed by atoms with Gasteiger partial charge in [0.15, 0.2) is 9.84 Å². The monoisotopic (exact) mass is 393 g/mol. The van der Waals surface area contributed by atoms with Crippen molar-refractivity contribution in [3.05, 3.63) is 64.3 Å². The van der Waals surface area contributed by atoms with E-state index in [2.05, 4.69) is 20.9 Å². The molecule has 3 aromatic rings. The quantitative estimate of drug-likeness (QED) is 0.703. The molecule has 0 aliphatic heterocycles. The van der Waals surface area contributed by atoms with Crippen LogP contribution in [0.5, 0.6) is 0 Å². The maximum atomic E-state index is 14.6. The highest BCUT2D eigenvalue weighted by atomic mass is 79.9. The maximum absolute atomic E-state index is 14.6. The van der Waals surface area contributed by atoms with Gasteiger partial charge in [0.1, 0.15) is 11.4 Å². The van der Waals surface area contributed by atoms with E-state index in [1.165, 1.54) is 12.1 Å². The standard InChI is InChI=1S/C17H13BrFNO2S/c18-10-6-7-14-12(8-10)16-15(20-14)9-13(19)17(16)23(21,22)11-4-2-1-3-5-11/h1-8,13,17,20H,9H2. The van der Waals surface area contributed by atoms with Crippen molar-refractivity contribution in [2.75, 3.05) is 0 Å². The number of benzene rings is 2. The number of rotatable bonds is 2. The van der Waals surface area contributed by atoms with Gasteiger partial charge in [-0.25, -0.2) is 12.8 Å². The van der Waals surface area contributed by atoms with Gasteiger partial charge in [-0.15, -0.1) is 0 Å². The van der Waals surface area contributed by atoms with E-state index in [0.717, 1.165) is 15.4 Å². The number of alkyl halides is 1. The molecule has 3 nitrogen and oxygen atoms in total. The molecule has 0 saturated carbocycles. The van der Waals surface area contributed by atoms with Crippen LogP contribution in [-0.2, 0) is 16.3 Å². The van der Waals surface area contributed by atoms with E-state index in [1.54, 1.807) is 18.2 Å². The van der Waals surface area contributed by atoms with Crippen molar-refractivity contribution in [1.82, 2.24) is 4.98 Å². The molecule has 0 saturated heterocycles. The van der Waals surface area contributed by atoms with Crippen LogP contribution in [0.4, 0.5) is 4.39 Å². The van der Waals surface area contributed by atoms with Gasteiger partial charge in [0.25, 0.3) is 0 Å². The Hall–Kier alpha value is -1.66. The number of sulfone groups is 1. The number of hydrogen-bond donors (Lipinski definition) is 1. The van der Waals surface area contributed by atoms with Crippen LogP contribution >= 0.6 is 15.9 Å². The van der Waals surface area contributed by atoms with Crippen molar-refractivity contribution < 1.29 is 12.8 Å². The summed E-state index contributed by atoms with van der Waals surface area (Å²) in [6, 6.07) is 13.7. The summed E-state index contributed by atoms with van der Waals surface area (Å²) in [6.07, 6.45) is -1.34. The average molecular weight is 394 g/mol. The summed E-state index contributed by atoms with van der Waals surface area (Å²) in [5.74, 6) is 0. The number of fused-ring (bicyclic) bond motifs is 3. The molecule has 0 radical (unpaired) electrons. The molecule has 2 atom stereocenters. The topological polar surface area (TPSA) is 49.9 Å². The lowest BCUT2D eigenvalue weighted by Crippen LogP contribution is -2.20. The van der Waals surface area contributed by atoms with Crippen LogP contribution in [0.2, 0.25) is 0 Å². The smallest absolute Gasteiger partial charge is 0.188 e. The minimum Gasteiger partial charge on any atom is -0.358 e. The lowest BCUT2D eigenvalue weighted by atomic mass is 10.1. The van der Waals surface area contributed by atoms with Crippen LogP contribution in [0.25, 0.3) is 10.9 Å². The van der Waals surface area contributed by atoms with Gasteiger partial charge in [-0.1, -0.05) is 34.1 Å². The lowest BCUT2D eigenvalue weighted by Gasteiger charge is -2.16. The second-order valence-corrected chi connectivity index (χ2v) is 8.69. The first kappa shape index (κ1) is 14.9. The summed E-state index contributed by atoms with van der Waals surface area (Å²) in [7, 11) is -3.79. The third kappa shape index (κ3) is 2.23. The fourth-order valence-electron chi connectivity index (χ4n) is 3.32. The molecule has 1 aliphatic rings. The summed E-state index contributed by atoms with van der Waals surface area (Å²) in [5, 5.41) is -0.401. The predicted octanol–water partition coefficient (Wildman–Crippen LogP) is 4.34. The molecule has 0 spiro atoms. The summed E-state index contributed by atoms with van der Waals surface area (Å²) in [4.78, 5) is 3.32. The summed E-state index contributed by atoms with van der Waals surface area (Å²) in [5.41, 5.74) is 2.08. The first-order valence-electron chi connectivity index (χ1n) is 7.21. The highest BCUT2D eigenvalue weighted by Crippen LogP contribution is 2.45. The highest BCUT2D eigenvalue weighted by molar-refractivity contribution is 9.10. The molecule has 0 bridgehead atoms. The van der Waals surface area contributed by atoms with Gasteiger partial charge < -0.3 is 4.98 Å². The Morgan fingerprint density at radius 1 is 1.13 bits per heavy atom. The zero-order valence-corrected chi connectivity index (χ0v) is 14.4. The maximum Gasteiger partial charge on any atom is 0.188 e. The average Bonchev–Trinajstić information content (AvgIpc) is 3.02. The van der Waals surface area contributed by atoms with Gasteiger partial charge in [-0.3, -0.25) is 0 Å². The van der Waals surface area contributed by atoms with E-state index in [9.17, 15) is 12.8 Å². The molecule has 2 aromatic carbocycles. The molecule has 0 amide bonds. The molecule has 118 valence electrons. The second kappa shape index (κ2) is 5.18. The molecule has 1 N–H and O–H groups in total. The normalized spacial score (nSPS) is 20.8. The third-order valence-corrected chi connectivity index (χ3v) is 6.92. The molecule has 6 heteroatoms. The van der Waals surface area contributed by atoms with Gasteiger partial charge in [-0.05, 0) is 30.3 Å². The van der Waals surface area contributed by atoms with Gasteiger partial charge in [0.2, 0.25) is 0 Å². The molecule has 4 rings (SSSR count). The van der Waals surface area contributed by atoms with Crippen molar-refractivity contribution in [2.24, 2.45) is 0 Å². The number of H-pyrrole nitrogens is 1. The largest absolute Gasteiger partial charge is 0.358 e. The van der Waals surface area contributed by atoms with Crippen molar-refractivity contribution >= 4 is 36.7 Å². The van der Waals surface area contributed by atoms with Crippen molar-refractivity contribution in [2.45, 2.75) is 22.7 Å². The fraction of sp³-hybridized carbons (Fsp3) is 0.176. The van der Waals surface area contributed by atoms with Crippen molar-refractivity contribution in [3.63, 3.8) is 0 Å². The Morgan fingerprint density at radius 2 is 1.87 bits per heavy atom. The Morgan fingerprint density at radius 3 is 2.61 bits per heavy atom. The fourth-order valence-corrected chi connectivity index (χ4v) is 5.57. The first-order valence-corrected chi connectivity index (χ1v) is 9.55. The zero-order valence-electron chi connectivity index (χ0n) is 12.0. The number of nitrogens with one attached hydrogen (secondary N) is 1. The number of halogens is 2. The summed E-state index contributed by atoms with van der Waals surface area (Å²) < 4.78 is 41.4. The van der Waals surface area contributed by atoms with E-state index >= 15 is 0 Å². The summed E-state index contributed by atoms with van der Waals surface area (Å²) >= 11 is 3.40. The van der Waals surface area contributed by atoms with E-state index in [0.29, 0.717) is 11.3 Å². The molecule has 1 heterocycles. The number of aromatic nitrogens is 1. The van der Waals surface area contributed by atoms with Gasteiger partial charge >= 0.3 is 0 Å². The van der Waals surface area contributed by atoms with E-state index in [4.69, 9.17) is 0 Å².